The van der Waals surface area contributed by atoms with Gasteiger partial charge in [0.25, 0.3) is 0 Å². The Balaban J connectivity index is 1.85. The van der Waals surface area contributed by atoms with Crippen molar-refractivity contribution in [2.45, 2.75) is 38.1 Å². The summed E-state index contributed by atoms with van der Waals surface area (Å²) in [6, 6.07) is 6.17. The predicted molar refractivity (Wildman–Crippen MR) is 82.0 cm³/mol. The first-order chi connectivity index (χ1) is 9.56. The minimum Gasteiger partial charge on any atom is -0.323 e. The molecule has 1 N–H and O–H groups in total. The molecular weight excluding hydrogens is 272 g/mol. The second-order valence-electron chi connectivity index (χ2n) is 6.18. The van der Waals surface area contributed by atoms with E-state index in [2.05, 4.69) is 24.4 Å². The van der Waals surface area contributed by atoms with Gasteiger partial charge in [0.2, 0.25) is 0 Å². The lowest BCUT2D eigenvalue weighted by molar-refractivity contribution is 0.218. The molecule has 108 valence electrons. The Labute approximate surface area is 125 Å². The summed E-state index contributed by atoms with van der Waals surface area (Å²) in [6.45, 7) is 2.96. The highest BCUT2D eigenvalue weighted by molar-refractivity contribution is 6.21. The number of carbonyl (C=O) groups excluding carboxylic acids is 1. The van der Waals surface area contributed by atoms with Crippen LogP contribution in [0.1, 0.15) is 42.7 Å². The molecule has 1 aliphatic heterocycles. The Hall–Kier alpha value is -1.22. The van der Waals surface area contributed by atoms with E-state index in [0.717, 1.165) is 11.3 Å². The molecule has 3 atom stereocenters. The highest BCUT2D eigenvalue weighted by atomic mass is 35.5. The molecule has 1 aromatic rings. The predicted octanol–water partition coefficient (Wildman–Crippen LogP) is 4.38. The van der Waals surface area contributed by atoms with E-state index in [0.29, 0.717) is 18.4 Å². The summed E-state index contributed by atoms with van der Waals surface area (Å²) < 4.78 is 0. The zero-order valence-corrected chi connectivity index (χ0v) is 12.8. The van der Waals surface area contributed by atoms with Crippen LogP contribution in [0.2, 0.25) is 0 Å². The first-order valence-electron chi connectivity index (χ1n) is 7.35. The molecular formula is C16H21ClN2O. The molecule has 3 nitrogen and oxygen atoms in total. The number of halogens is 1. The van der Waals surface area contributed by atoms with E-state index in [-0.39, 0.29) is 11.4 Å². The fourth-order valence-electron chi connectivity index (χ4n) is 3.43. The smallest absolute Gasteiger partial charge is 0.321 e. The molecule has 4 heteroatoms. The standard InChI is InChI=1S/C16H21ClN2O/c1-10-4-3-5-13(10)15(17)11-6-7-14-12(8-11)9-19(2)16(20)18-14/h6-8,10,13,15H,3-5,9H2,1-2H3,(H,18,20). The topological polar surface area (TPSA) is 32.3 Å². The van der Waals surface area contributed by atoms with E-state index in [1.165, 1.54) is 24.8 Å². The third-order valence-corrected chi connectivity index (χ3v) is 5.32. The van der Waals surface area contributed by atoms with Gasteiger partial charge in [-0.3, -0.25) is 0 Å². The van der Waals surface area contributed by atoms with Crippen LogP contribution < -0.4 is 5.32 Å². The van der Waals surface area contributed by atoms with E-state index in [4.69, 9.17) is 11.6 Å². The number of benzene rings is 1. The van der Waals surface area contributed by atoms with E-state index >= 15 is 0 Å². The van der Waals surface area contributed by atoms with Crippen LogP contribution in [0.3, 0.4) is 0 Å². The molecule has 1 aliphatic carbocycles. The number of hydrogen-bond donors (Lipinski definition) is 1. The Morgan fingerprint density at radius 1 is 1.40 bits per heavy atom. The Kier molecular flexibility index (Phi) is 3.63. The number of anilines is 1. The van der Waals surface area contributed by atoms with Crippen LogP contribution >= 0.6 is 11.6 Å². The van der Waals surface area contributed by atoms with Gasteiger partial charge in [0.15, 0.2) is 0 Å². The Morgan fingerprint density at radius 2 is 2.20 bits per heavy atom. The molecule has 0 radical (unpaired) electrons. The van der Waals surface area contributed by atoms with Crippen LogP contribution in [0.15, 0.2) is 18.2 Å². The van der Waals surface area contributed by atoms with Gasteiger partial charge in [0, 0.05) is 19.3 Å². The average molecular weight is 293 g/mol. The molecule has 1 aromatic carbocycles. The molecule has 1 saturated carbocycles. The first-order valence-corrected chi connectivity index (χ1v) is 7.79. The molecule has 3 rings (SSSR count). The van der Waals surface area contributed by atoms with Crippen molar-refractivity contribution >= 4 is 23.3 Å². The van der Waals surface area contributed by atoms with Crippen molar-refractivity contribution in [2.24, 2.45) is 11.8 Å². The van der Waals surface area contributed by atoms with Crippen molar-refractivity contribution in [2.75, 3.05) is 12.4 Å². The summed E-state index contributed by atoms with van der Waals surface area (Å²) in [7, 11) is 1.81. The van der Waals surface area contributed by atoms with E-state index in [9.17, 15) is 4.79 Å². The van der Waals surface area contributed by atoms with Crippen LogP contribution in [0.5, 0.6) is 0 Å². The lowest BCUT2D eigenvalue weighted by Crippen LogP contribution is -2.35. The Bertz CT molecular complexity index is 531. The number of fused-ring (bicyclic) bond motifs is 1. The van der Waals surface area contributed by atoms with Crippen LogP contribution in [0, 0.1) is 11.8 Å². The summed E-state index contributed by atoms with van der Waals surface area (Å²) in [5, 5.41) is 2.98. The number of amides is 2. The number of nitrogens with zero attached hydrogens (tertiary/aromatic N) is 1. The molecule has 0 spiro atoms. The van der Waals surface area contributed by atoms with Gasteiger partial charge in [0.1, 0.15) is 0 Å². The maximum Gasteiger partial charge on any atom is 0.321 e. The van der Waals surface area contributed by atoms with E-state index < -0.39 is 0 Å². The van der Waals surface area contributed by atoms with Crippen molar-refractivity contribution in [3.63, 3.8) is 0 Å². The second kappa shape index (κ2) is 5.28. The quantitative estimate of drug-likeness (QED) is 0.806. The third-order valence-electron chi connectivity index (χ3n) is 4.75. The zero-order chi connectivity index (χ0) is 14.3. The molecule has 1 fully saturated rings. The number of rotatable bonds is 2. The molecule has 0 aromatic heterocycles. The van der Waals surface area contributed by atoms with Crippen LogP contribution in [-0.2, 0) is 6.54 Å². The van der Waals surface area contributed by atoms with Crippen molar-refractivity contribution in [3.8, 4) is 0 Å². The minimum atomic E-state index is -0.0444. The maximum atomic E-state index is 11.6. The SMILES string of the molecule is CC1CCCC1C(Cl)c1ccc2c(c1)CN(C)C(=O)N2. The molecule has 1 heterocycles. The van der Waals surface area contributed by atoms with Gasteiger partial charge in [-0.15, -0.1) is 11.6 Å². The normalized spacial score (nSPS) is 27.1. The van der Waals surface area contributed by atoms with Gasteiger partial charge in [-0.2, -0.15) is 0 Å². The maximum absolute atomic E-state index is 11.6. The lowest BCUT2D eigenvalue weighted by atomic mass is 9.89. The molecule has 0 saturated heterocycles. The summed E-state index contributed by atoms with van der Waals surface area (Å²) >= 11 is 6.71. The third kappa shape index (κ3) is 2.39. The summed E-state index contributed by atoms with van der Waals surface area (Å²) in [4.78, 5) is 13.3. The van der Waals surface area contributed by atoms with E-state index in [1.807, 2.05) is 13.1 Å². The number of alkyl halides is 1. The van der Waals surface area contributed by atoms with Crippen LogP contribution in [0.25, 0.3) is 0 Å². The van der Waals surface area contributed by atoms with Gasteiger partial charge in [0.05, 0.1) is 5.38 Å². The highest BCUT2D eigenvalue weighted by Gasteiger charge is 2.31. The molecule has 20 heavy (non-hydrogen) atoms. The number of hydrogen-bond acceptors (Lipinski definition) is 1. The first kappa shape index (κ1) is 13.7. The van der Waals surface area contributed by atoms with Gasteiger partial charge in [-0.05, 0) is 35.4 Å². The van der Waals surface area contributed by atoms with Crippen LogP contribution in [0.4, 0.5) is 10.5 Å². The highest BCUT2D eigenvalue weighted by Crippen LogP contribution is 2.44. The largest absolute Gasteiger partial charge is 0.323 e. The van der Waals surface area contributed by atoms with Crippen molar-refractivity contribution < 1.29 is 4.79 Å². The summed E-state index contributed by atoms with van der Waals surface area (Å²) in [5.74, 6) is 1.28. The summed E-state index contributed by atoms with van der Waals surface area (Å²) in [6.07, 6.45) is 3.81. The van der Waals surface area contributed by atoms with Gasteiger partial charge < -0.3 is 10.2 Å². The minimum absolute atomic E-state index is 0.0444. The van der Waals surface area contributed by atoms with Crippen LogP contribution in [-0.4, -0.2) is 18.0 Å². The van der Waals surface area contributed by atoms with Gasteiger partial charge in [-0.25, -0.2) is 4.79 Å². The van der Waals surface area contributed by atoms with Crippen molar-refractivity contribution in [3.05, 3.63) is 29.3 Å². The number of urea groups is 1. The fourth-order valence-corrected chi connectivity index (χ4v) is 3.94. The second-order valence-corrected chi connectivity index (χ2v) is 6.65. The average Bonchev–Trinajstić information content (AvgIpc) is 2.85. The number of carbonyl (C=O) groups is 1. The zero-order valence-electron chi connectivity index (χ0n) is 12.0. The monoisotopic (exact) mass is 292 g/mol. The number of nitrogens with one attached hydrogen (secondary N) is 1. The summed E-state index contributed by atoms with van der Waals surface area (Å²) in [5.41, 5.74) is 3.26. The molecule has 3 unspecified atom stereocenters. The van der Waals surface area contributed by atoms with Gasteiger partial charge >= 0.3 is 6.03 Å². The van der Waals surface area contributed by atoms with Crippen molar-refractivity contribution in [1.29, 1.82) is 0 Å². The molecule has 2 amide bonds. The molecule has 2 aliphatic rings. The van der Waals surface area contributed by atoms with E-state index in [1.54, 1.807) is 4.90 Å². The fraction of sp³-hybridized carbons (Fsp3) is 0.562. The molecule has 0 bridgehead atoms. The van der Waals surface area contributed by atoms with Gasteiger partial charge in [-0.1, -0.05) is 31.9 Å². The lowest BCUT2D eigenvalue weighted by Gasteiger charge is -2.28. The van der Waals surface area contributed by atoms with Crippen molar-refractivity contribution in [1.82, 2.24) is 4.90 Å². The Morgan fingerprint density at radius 3 is 2.90 bits per heavy atom.